The monoisotopic (exact) mass is 270 g/mol. The molecule has 20 heavy (non-hydrogen) atoms. The first kappa shape index (κ1) is 14.2. The molecule has 0 saturated heterocycles. The van der Waals surface area contributed by atoms with E-state index in [9.17, 15) is 4.79 Å². The fourth-order valence-corrected chi connectivity index (χ4v) is 1.95. The number of para-hydroxylation sites is 1. The van der Waals surface area contributed by atoms with Crippen LogP contribution in [0.5, 0.6) is 0 Å². The van der Waals surface area contributed by atoms with E-state index in [0.29, 0.717) is 6.54 Å². The van der Waals surface area contributed by atoms with Crippen LogP contribution in [0.1, 0.15) is 11.3 Å². The van der Waals surface area contributed by atoms with E-state index in [1.807, 2.05) is 37.3 Å². The van der Waals surface area contributed by atoms with Crippen molar-refractivity contribution >= 4 is 22.9 Å². The first-order chi connectivity index (χ1) is 9.61. The fraction of sp³-hybridized carbons (Fsp3) is 0.250. The SMILES string of the molecule is Cc1cccc2ccc(/C=C/C(=O)N(C)CCO)nc12. The number of nitrogens with zero attached hydrogens (tertiary/aromatic N) is 2. The Morgan fingerprint density at radius 1 is 1.35 bits per heavy atom. The molecule has 104 valence electrons. The summed E-state index contributed by atoms with van der Waals surface area (Å²) in [7, 11) is 1.65. The first-order valence-electron chi connectivity index (χ1n) is 6.52. The maximum absolute atomic E-state index is 11.7. The minimum atomic E-state index is -0.147. The van der Waals surface area contributed by atoms with Gasteiger partial charge in [0.1, 0.15) is 0 Å². The number of likely N-dealkylation sites (N-methyl/N-ethyl adjacent to an activating group) is 1. The van der Waals surface area contributed by atoms with Crippen LogP contribution < -0.4 is 0 Å². The number of rotatable bonds is 4. The van der Waals surface area contributed by atoms with E-state index >= 15 is 0 Å². The number of carbonyl (C=O) groups excluding carboxylic acids is 1. The van der Waals surface area contributed by atoms with E-state index in [-0.39, 0.29) is 12.5 Å². The number of pyridine rings is 1. The Balaban J connectivity index is 2.22. The van der Waals surface area contributed by atoms with Gasteiger partial charge in [0.15, 0.2) is 0 Å². The lowest BCUT2D eigenvalue weighted by Gasteiger charge is -2.12. The van der Waals surface area contributed by atoms with Gasteiger partial charge in [0, 0.05) is 25.1 Å². The molecule has 1 heterocycles. The topological polar surface area (TPSA) is 53.4 Å². The summed E-state index contributed by atoms with van der Waals surface area (Å²) in [6.45, 7) is 2.31. The van der Waals surface area contributed by atoms with Crippen molar-refractivity contribution in [3.8, 4) is 0 Å². The highest BCUT2D eigenvalue weighted by atomic mass is 16.3. The lowest BCUT2D eigenvalue weighted by molar-refractivity contribution is -0.125. The van der Waals surface area contributed by atoms with Gasteiger partial charge in [0.05, 0.1) is 17.8 Å². The van der Waals surface area contributed by atoms with Crippen LogP contribution in [0.15, 0.2) is 36.4 Å². The Kier molecular flexibility index (Phi) is 4.48. The second kappa shape index (κ2) is 6.30. The van der Waals surface area contributed by atoms with Crippen molar-refractivity contribution in [2.45, 2.75) is 6.92 Å². The quantitative estimate of drug-likeness (QED) is 0.865. The predicted molar refractivity (Wildman–Crippen MR) is 80.2 cm³/mol. The minimum Gasteiger partial charge on any atom is -0.395 e. The van der Waals surface area contributed by atoms with Gasteiger partial charge in [-0.15, -0.1) is 0 Å². The molecule has 4 nitrogen and oxygen atoms in total. The van der Waals surface area contributed by atoms with Crippen LogP contribution in [0.2, 0.25) is 0 Å². The van der Waals surface area contributed by atoms with Crippen molar-refractivity contribution in [1.82, 2.24) is 9.88 Å². The third-order valence-corrected chi connectivity index (χ3v) is 3.15. The Bertz CT molecular complexity index is 650. The second-order valence-electron chi connectivity index (χ2n) is 4.70. The number of aliphatic hydroxyl groups excluding tert-OH is 1. The minimum absolute atomic E-state index is 0.0382. The molecule has 1 N–H and O–H groups in total. The molecule has 4 heteroatoms. The average Bonchev–Trinajstić information content (AvgIpc) is 2.45. The smallest absolute Gasteiger partial charge is 0.246 e. The Labute approximate surface area is 118 Å². The lowest BCUT2D eigenvalue weighted by atomic mass is 10.1. The van der Waals surface area contributed by atoms with Gasteiger partial charge >= 0.3 is 0 Å². The van der Waals surface area contributed by atoms with Crippen LogP contribution in [0.4, 0.5) is 0 Å². The molecule has 0 saturated carbocycles. The summed E-state index contributed by atoms with van der Waals surface area (Å²) in [6, 6.07) is 9.92. The molecule has 0 bridgehead atoms. The zero-order valence-electron chi connectivity index (χ0n) is 11.7. The van der Waals surface area contributed by atoms with Crippen LogP contribution in [-0.4, -0.2) is 41.1 Å². The third kappa shape index (κ3) is 3.22. The number of fused-ring (bicyclic) bond motifs is 1. The molecular formula is C16H18N2O2. The molecule has 2 aromatic rings. The Morgan fingerprint density at radius 3 is 2.90 bits per heavy atom. The van der Waals surface area contributed by atoms with Crippen LogP contribution in [0, 0.1) is 6.92 Å². The van der Waals surface area contributed by atoms with Crippen molar-refractivity contribution in [3.63, 3.8) is 0 Å². The molecule has 0 fully saturated rings. The normalized spacial score (nSPS) is 11.2. The van der Waals surface area contributed by atoms with Crippen molar-refractivity contribution in [1.29, 1.82) is 0 Å². The van der Waals surface area contributed by atoms with Crippen LogP contribution in [-0.2, 0) is 4.79 Å². The van der Waals surface area contributed by atoms with Gasteiger partial charge < -0.3 is 10.0 Å². The molecule has 1 aromatic heterocycles. The molecule has 2 rings (SSSR count). The van der Waals surface area contributed by atoms with E-state index in [4.69, 9.17) is 5.11 Å². The number of amides is 1. The Hall–Kier alpha value is -2.20. The zero-order chi connectivity index (χ0) is 14.5. The van der Waals surface area contributed by atoms with Crippen molar-refractivity contribution < 1.29 is 9.90 Å². The lowest BCUT2D eigenvalue weighted by Crippen LogP contribution is -2.27. The number of aryl methyl sites for hydroxylation is 1. The molecule has 1 amide bonds. The van der Waals surface area contributed by atoms with E-state index in [0.717, 1.165) is 22.2 Å². The molecule has 0 aliphatic carbocycles. The number of hydrogen-bond donors (Lipinski definition) is 1. The van der Waals surface area contributed by atoms with Crippen molar-refractivity contribution in [2.24, 2.45) is 0 Å². The van der Waals surface area contributed by atoms with Crippen molar-refractivity contribution in [3.05, 3.63) is 47.7 Å². The van der Waals surface area contributed by atoms with E-state index in [2.05, 4.69) is 4.98 Å². The van der Waals surface area contributed by atoms with Gasteiger partial charge in [-0.2, -0.15) is 0 Å². The summed E-state index contributed by atoms with van der Waals surface area (Å²) in [5.74, 6) is -0.147. The average molecular weight is 270 g/mol. The molecule has 0 radical (unpaired) electrons. The maximum atomic E-state index is 11.7. The highest BCUT2D eigenvalue weighted by Gasteiger charge is 2.04. The fourth-order valence-electron chi connectivity index (χ4n) is 1.95. The summed E-state index contributed by atoms with van der Waals surface area (Å²) in [5.41, 5.74) is 2.81. The number of aliphatic hydroxyl groups is 1. The number of carbonyl (C=O) groups is 1. The third-order valence-electron chi connectivity index (χ3n) is 3.15. The molecule has 1 aromatic carbocycles. The molecule has 0 unspecified atom stereocenters. The largest absolute Gasteiger partial charge is 0.395 e. The van der Waals surface area contributed by atoms with Gasteiger partial charge in [-0.1, -0.05) is 24.3 Å². The standard InChI is InChI=1S/C16H18N2O2/c1-12-4-3-5-13-6-7-14(17-16(12)13)8-9-15(20)18(2)10-11-19/h3-9,19H,10-11H2,1-2H3/b9-8+. The highest BCUT2D eigenvalue weighted by Crippen LogP contribution is 2.16. The number of hydrogen-bond acceptors (Lipinski definition) is 3. The molecule has 0 spiro atoms. The van der Waals surface area contributed by atoms with E-state index in [1.165, 1.54) is 11.0 Å². The van der Waals surface area contributed by atoms with E-state index < -0.39 is 0 Å². The first-order valence-corrected chi connectivity index (χ1v) is 6.52. The van der Waals surface area contributed by atoms with Gasteiger partial charge in [0.2, 0.25) is 5.91 Å². The Morgan fingerprint density at radius 2 is 2.15 bits per heavy atom. The molecule has 0 aliphatic rings. The van der Waals surface area contributed by atoms with Gasteiger partial charge in [-0.3, -0.25) is 4.79 Å². The molecule has 0 aliphatic heterocycles. The van der Waals surface area contributed by atoms with Gasteiger partial charge in [-0.05, 0) is 24.6 Å². The summed E-state index contributed by atoms with van der Waals surface area (Å²) < 4.78 is 0. The summed E-state index contributed by atoms with van der Waals surface area (Å²) in [6.07, 6.45) is 3.17. The van der Waals surface area contributed by atoms with Crippen LogP contribution in [0.25, 0.3) is 17.0 Å². The summed E-state index contributed by atoms with van der Waals surface area (Å²) in [5, 5.41) is 9.88. The summed E-state index contributed by atoms with van der Waals surface area (Å²) >= 11 is 0. The van der Waals surface area contributed by atoms with Crippen molar-refractivity contribution in [2.75, 3.05) is 20.2 Å². The highest BCUT2D eigenvalue weighted by molar-refractivity contribution is 5.92. The zero-order valence-corrected chi connectivity index (χ0v) is 11.7. The number of aromatic nitrogens is 1. The maximum Gasteiger partial charge on any atom is 0.246 e. The van der Waals surface area contributed by atoms with Gasteiger partial charge in [-0.25, -0.2) is 4.98 Å². The molecule has 0 atom stereocenters. The number of benzene rings is 1. The summed E-state index contributed by atoms with van der Waals surface area (Å²) in [4.78, 5) is 17.7. The van der Waals surface area contributed by atoms with Crippen LogP contribution >= 0.6 is 0 Å². The predicted octanol–water partition coefficient (Wildman–Crippen LogP) is 2.01. The second-order valence-corrected chi connectivity index (χ2v) is 4.70. The van der Waals surface area contributed by atoms with E-state index in [1.54, 1.807) is 13.1 Å². The molecular weight excluding hydrogens is 252 g/mol. The van der Waals surface area contributed by atoms with Gasteiger partial charge in [0.25, 0.3) is 0 Å². The van der Waals surface area contributed by atoms with Crippen LogP contribution in [0.3, 0.4) is 0 Å².